The summed E-state index contributed by atoms with van der Waals surface area (Å²) in [5, 5.41) is 0. The van der Waals surface area contributed by atoms with Gasteiger partial charge in [-0.3, -0.25) is 0 Å². The molecule has 19 heavy (non-hydrogen) atoms. The molecular formula is C18H35N. The second-order valence-electron chi connectivity index (χ2n) is 5.60. The van der Waals surface area contributed by atoms with Crippen LogP contribution in [0.5, 0.6) is 0 Å². The lowest BCUT2D eigenvalue weighted by molar-refractivity contribution is 0.691. The van der Waals surface area contributed by atoms with Crippen LogP contribution in [0.4, 0.5) is 0 Å². The second-order valence-corrected chi connectivity index (χ2v) is 5.60. The van der Waals surface area contributed by atoms with E-state index in [1.54, 1.807) is 11.1 Å². The molecule has 0 bridgehead atoms. The van der Waals surface area contributed by atoms with E-state index < -0.39 is 0 Å². The Morgan fingerprint density at radius 1 is 0.842 bits per heavy atom. The highest BCUT2D eigenvalue weighted by Crippen LogP contribution is 2.16. The van der Waals surface area contributed by atoms with E-state index in [1.165, 1.54) is 64.2 Å². The van der Waals surface area contributed by atoms with Crippen LogP contribution < -0.4 is 5.73 Å². The molecule has 0 aromatic heterocycles. The van der Waals surface area contributed by atoms with E-state index in [2.05, 4.69) is 32.9 Å². The molecular weight excluding hydrogens is 230 g/mol. The number of nitrogens with two attached hydrogens (primary N) is 1. The van der Waals surface area contributed by atoms with Gasteiger partial charge in [-0.05, 0) is 45.4 Å². The van der Waals surface area contributed by atoms with Crippen molar-refractivity contribution >= 4 is 0 Å². The maximum atomic E-state index is 5.65. The highest BCUT2D eigenvalue weighted by molar-refractivity contribution is 5.06. The fourth-order valence-electron chi connectivity index (χ4n) is 2.36. The first-order chi connectivity index (χ1) is 9.24. The van der Waals surface area contributed by atoms with Crippen molar-refractivity contribution in [1.29, 1.82) is 0 Å². The predicted octanol–water partition coefficient (Wildman–Crippen LogP) is 5.76. The topological polar surface area (TPSA) is 26.0 Å². The Balaban J connectivity index is 3.90. The smallest absolute Gasteiger partial charge is 0.0109 e. The van der Waals surface area contributed by atoms with Gasteiger partial charge in [0.2, 0.25) is 0 Å². The van der Waals surface area contributed by atoms with Crippen molar-refractivity contribution in [3.8, 4) is 0 Å². The van der Waals surface area contributed by atoms with E-state index in [-0.39, 0.29) is 0 Å². The standard InChI is InChI=1S/C18H35N/c1-4-6-8-11-17(3)12-10-14-18(15-16-19)13-9-7-5-2/h12,15H,4-11,13-14,16,19H2,1-3H3. The zero-order valence-electron chi connectivity index (χ0n) is 13.5. The highest BCUT2D eigenvalue weighted by Gasteiger charge is 1.97. The lowest BCUT2D eigenvalue weighted by Crippen LogP contribution is -1.96. The number of allylic oxidation sites excluding steroid dienone is 3. The Morgan fingerprint density at radius 2 is 1.47 bits per heavy atom. The molecule has 0 aliphatic heterocycles. The average molecular weight is 265 g/mol. The van der Waals surface area contributed by atoms with Crippen LogP contribution in [0, 0.1) is 0 Å². The summed E-state index contributed by atoms with van der Waals surface area (Å²) in [4.78, 5) is 0. The first-order valence-corrected chi connectivity index (χ1v) is 8.28. The molecule has 0 aliphatic rings. The fourth-order valence-corrected chi connectivity index (χ4v) is 2.36. The molecule has 0 unspecified atom stereocenters. The molecule has 0 saturated heterocycles. The minimum atomic E-state index is 0.695. The lowest BCUT2D eigenvalue weighted by atomic mass is 10.0. The third-order valence-electron chi connectivity index (χ3n) is 3.64. The molecule has 1 nitrogen and oxygen atoms in total. The van der Waals surface area contributed by atoms with Crippen LogP contribution in [-0.2, 0) is 0 Å². The van der Waals surface area contributed by atoms with Crippen molar-refractivity contribution in [2.75, 3.05) is 6.54 Å². The van der Waals surface area contributed by atoms with Gasteiger partial charge in [0.15, 0.2) is 0 Å². The summed E-state index contributed by atoms with van der Waals surface area (Å²) in [5.41, 5.74) is 8.78. The SMILES string of the molecule is CCCCCC(C)=CCCC(=CCN)CCCCC. The first-order valence-electron chi connectivity index (χ1n) is 8.28. The Bertz CT molecular complexity index is 250. The Hall–Kier alpha value is -0.560. The summed E-state index contributed by atoms with van der Waals surface area (Å²) >= 11 is 0. The second kappa shape index (κ2) is 13.9. The number of hydrogen-bond donors (Lipinski definition) is 1. The molecule has 0 heterocycles. The van der Waals surface area contributed by atoms with Gasteiger partial charge in [0.1, 0.15) is 0 Å². The van der Waals surface area contributed by atoms with Crippen LogP contribution in [0.1, 0.15) is 85.0 Å². The first kappa shape index (κ1) is 18.4. The van der Waals surface area contributed by atoms with E-state index in [4.69, 9.17) is 5.73 Å². The van der Waals surface area contributed by atoms with Crippen LogP contribution >= 0.6 is 0 Å². The van der Waals surface area contributed by atoms with Crippen molar-refractivity contribution in [1.82, 2.24) is 0 Å². The molecule has 1 heteroatoms. The molecule has 0 amide bonds. The quantitative estimate of drug-likeness (QED) is 0.352. The van der Waals surface area contributed by atoms with Crippen molar-refractivity contribution in [2.45, 2.75) is 85.0 Å². The maximum Gasteiger partial charge on any atom is 0.0109 e. The van der Waals surface area contributed by atoms with Crippen LogP contribution in [0.3, 0.4) is 0 Å². The van der Waals surface area contributed by atoms with E-state index in [1.807, 2.05) is 0 Å². The summed E-state index contributed by atoms with van der Waals surface area (Å²) in [6.45, 7) is 7.49. The van der Waals surface area contributed by atoms with E-state index >= 15 is 0 Å². The van der Waals surface area contributed by atoms with Gasteiger partial charge in [0, 0.05) is 6.54 Å². The van der Waals surface area contributed by atoms with Crippen LogP contribution in [-0.4, -0.2) is 6.54 Å². The Labute approximate surface area is 121 Å². The average Bonchev–Trinajstić information content (AvgIpc) is 2.39. The molecule has 112 valence electrons. The zero-order chi connectivity index (χ0) is 14.3. The van der Waals surface area contributed by atoms with Gasteiger partial charge in [-0.1, -0.05) is 62.8 Å². The van der Waals surface area contributed by atoms with E-state index in [0.29, 0.717) is 6.54 Å². The van der Waals surface area contributed by atoms with Gasteiger partial charge >= 0.3 is 0 Å². The monoisotopic (exact) mass is 265 g/mol. The predicted molar refractivity (Wildman–Crippen MR) is 88.4 cm³/mol. The van der Waals surface area contributed by atoms with Gasteiger partial charge in [0.05, 0.1) is 0 Å². The molecule has 0 atom stereocenters. The largest absolute Gasteiger partial charge is 0.327 e. The summed E-state index contributed by atoms with van der Waals surface area (Å²) in [6.07, 6.45) is 17.6. The molecule has 0 aliphatic carbocycles. The summed E-state index contributed by atoms with van der Waals surface area (Å²) < 4.78 is 0. The van der Waals surface area contributed by atoms with Crippen molar-refractivity contribution < 1.29 is 0 Å². The maximum absolute atomic E-state index is 5.65. The van der Waals surface area contributed by atoms with Gasteiger partial charge < -0.3 is 5.73 Å². The third-order valence-corrected chi connectivity index (χ3v) is 3.64. The van der Waals surface area contributed by atoms with Gasteiger partial charge in [-0.25, -0.2) is 0 Å². The van der Waals surface area contributed by atoms with E-state index in [9.17, 15) is 0 Å². The minimum absolute atomic E-state index is 0.695. The molecule has 0 fully saturated rings. The Morgan fingerprint density at radius 3 is 2.05 bits per heavy atom. The fraction of sp³-hybridized carbons (Fsp3) is 0.778. The summed E-state index contributed by atoms with van der Waals surface area (Å²) in [6, 6.07) is 0. The lowest BCUT2D eigenvalue weighted by Gasteiger charge is -2.06. The number of unbranched alkanes of at least 4 members (excludes halogenated alkanes) is 4. The zero-order valence-corrected chi connectivity index (χ0v) is 13.5. The molecule has 0 aromatic rings. The number of hydrogen-bond acceptors (Lipinski definition) is 1. The molecule has 0 rings (SSSR count). The van der Waals surface area contributed by atoms with Crippen molar-refractivity contribution in [3.63, 3.8) is 0 Å². The normalized spacial score (nSPS) is 13.1. The van der Waals surface area contributed by atoms with Crippen LogP contribution in [0.15, 0.2) is 23.3 Å². The van der Waals surface area contributed by atoms with Gasteiger partial charge in [-0.15, -0.1) is 0 Å². The summed E-state index contributed by atoms with van der Waals surface area (Å²) in [7, 11) is 0. The van der Waals surface area contributed by atoms with Crippen LogP contribution in [0.25, 0.3) is 0 Å². The summed E-state index contributed by atoms with van der Waals surface area (Å²) in [5.74, 6) is 0. The number of rotatable bonds is 12. The Kier molecular flexibility index (Phi) is 13.5. The van der Waals surface area contributed by atoms with Gasteiger partial charge in [0.25, 0.3) is 0 Å². The molecule has 0 saturated carbocycles. The van der Waals surface area contributed by atoms with E-state index in [0.717, 1.165) is 0 Å². The molecule has 0 aromatic carbocycles. The van der Waals surface area contributed by atoms with Crippen molar-refractivity contribution in [2.24, 2.45) is 5.73 Å². The highest BCUT2D eigenvalue weighted by atomic mass is 14.5. The van der Waals surface area contributed by atoms with Crippen LogP contribution in [0.2, 0.25) is 0 Å². The minimum Gasteiger partial charge on any atom is -0.327 e. The van der Waals surface area contributed by atoms with Gasteiger partial charge in [-0.2, -0.15) is 0 Å². The third kappa shape index (κ3) is 12.2. The van der Waals surface area contributed by atoms with Crippen molar-refractivity contribution in [3.05, 3.63) is 23.3 Å². The molecule has 0 radical (unpaired) electrons. The molecule has 0 spiro atoms. The molecule has 2 N–H and O–H groups in total.